The lowest BCUT2D eigenvalue weighted by molar-refractivity contribution is -0.384. The molecule has 306 valence electrons. The lowest BCUT2D eigenvalue weighted by atomic mass is 9.78. The van der Waals surface area contributed by atoms with Crippen LogP contribution in [0.2, 0.25) is 0 Å². The molecule has 0 aliphatic carbocycles. The Kier molecular flexibility index (Phi) is 15.4. The van der Waals surface area contributed by atoms with E-state index in [0.29, 0.717) is 6.42 Å². The molecule has 17 heteroatoms. The standard InChI is InChI=1S/C37H60N4O13/c1-12-27-37(8,47)30(43)23(6)32(44)38-19(2)18-36(7,50-11)31(54-34-28(42)26(40(9)10)17-20(3)51-34)21(4)29(22(5)33(45)52-27)53-35(46)39-24-13-15-25(16-14-24)41(48)49/h13-16,19-23,26-31,34,42-43,47H,12,17-18H2,1-11H3,(H,38,44)(H,39,46)/t19-,20-,21+,22-,23-,26+,27-,28-,29+,30-,31-,34+,36-,37-/m1/s1. The van der Waals surface area contributed by atoms with Crippen molar-refractivity contribution in [1.82, 2.24) is 10.2 Å². The summed E-state index contributed by atoms with van der Waals surface area (Å²) < 4.78 is 30.8. The van der Waals surface area contributed by atoms with E-state index in [-0.39, 0.29) is 36.4 Å². The summed E-state index contributed by atoms with van der Waals surface area (Å²) in [6.45, 7) is 12.9. The van der Waals surface area contributed by atoms with Crippen LogP contribution in [0, 0.1) is 27.9 Å². The number of methoxy groups -OCH3 is 1. The van der Waals surface area contributed by atoms with Gasteiger partial charge >= 0.3 is 12.1 Å². The third-order valence-electron chi connectivity index (χ3n) is 10.9. The zero-order valence-corrected chi connectivity index (χ0v) is 33.2. The molecule has 17 nitrogen and oxygen atoms in total. The first-order valence-corrected chi connectivity index (χ1v) is 18.4. The second-order valence-electron chi connectivity index (χ2n) is 15.5. The number of esters is 1. The molecule has 14 atom stereocenters. The van der Waals surface area contributed by atoms with Gasteiger partial charge in [0, 0.05) is 42.9 Å². The molecule has 0 saturated carbocycles. The monoisotopic (exact) mass is 768 g/mol. The van der Waals surface area contributed by atoms with Crippen molar-refractivity contribution in [3.63, 3.8) is 0 Å². The van der Waals surface area contributed by atoms with E-state index in [9.17, 15) is 39.8 Å². The van der Waals surface area contributed by atoms with Gasteiger partial charge in [0.2, 0.25) is 5.91 Å². The van der Waals surface area contributed by atoms with Crippen LogP contribution in [0.5, 0.6) is 0 Å². The highest BCUT2D eigenvalue weighted by molar-refractivity contribution is 5.85. The van der Waals surface area contributed by atoms with E-state index in [1.165, 1.54) is 52.1 Å². The smallest absolute Gasteiger partial charge is 0.411 e. The average Bonchev–Trinajstić information content (AvgIpc) is 3.10. The van der Waals surface area contributed by atoms with Crippen molar-refractivity contribution in [3.8, 4) is 0 Å². The fraction of sp³-hybridized carbons (Fsp3) is 0.757. The van der Waals surface area contributed by atoms with Gasteiger partial charge in [-0.15, -0.1) is 0 Å². The second-order valence-corrected chi connectivity index (χ2v) is 15.5. The van der Waals surface area contributed by atoms with Gasteiger partial charge in [-0.2, -0.15) is 0 Å². The summed E-state index contributed by atoms with van der Waals surface area (Å²) in [5.74, 6) is -4.75. The number of benzene rings is 1. The van der Waals surface area contributed by atoms with Crippen molar-refractivity contribution < 1.29 is 58.3 Å². The fourth-order valence-corrected chi connectivity index (χ4v) is 7.58. The Bertz CT molecular complexity index is 1450. The molecule has 5 N–H and O–H groups in total. The predicted octanol–water partition coefficient (Wildman–Crippen LogP) is 2.98. The van der Waals surface area contributed by atoms with E-state index in [4.69, 9.17) is 23.7 Å². The third-order valence-corrected chi connectivity index (χ3v) is 10.9. The average molecular weight is 769 g/mol. The van der Waals surface area contributed by atoms with E-state index < -0.39 is 94.7 Å². The van der Waals surface area contributed by atoms with E-state index in [2.05, 4.69) is 10.6 Å². The maximum atomic E-state index is 14.0. The normalized spacial score (nSPS) is 38.7. The molecule has 2 heterocycles. The SMILES string of the molecule is CC[C@H]1OC(=O)[C@H](C)[C@@H](OC(=O)Nc2ccc([N+](=O)[O-])cc2)[C@H](C)[C@@H](O[C@@H]2O[C@H](C)C[C@H](N(C)C)[C@H]2O)[C@](C)(OC)C[C@@H](C)NC(=O)[C@H](C)[C@@H](O)[C@]1(C)O. The van der Waals surface area contributed by atoms with E-state index in [1.807, 2.05) is 25.9 Å². The number of amides is 2. The molecular formula is C37H60N4O13. The van der Waals surface area contributed by atoms with Crippen molar-refractivity contribution in [3.05, 3.63) is 34.4 Å². The number of nitrogens with one attached hydrogen (secondary N) is 2. The van der Waals surface area contributed by atoms with Crippen LogP contribution in [-0.4, -0.2) is 131 Å². The summed E-state index contributed by atoms with van der Waals surface area (Å²) in [4.78, 5) is 53.5. The Morgan fingerprint density at radius 1 is 1.09 bits per heavy atom. The molecule has 2 aliphatic heterocycles. The van der Waals surface area contributed by atoms with Gasteiger partial charge in [0.15, 0.2) is 6.29 Å². The number of non-ortho nitro benzene ring substituents is 1. The van der Waals surface area contributed by atoms with E-state index >= 15 is 0 Å². The maximum Gasteiger partial charge on any atom is 0.411 e. The molecule has 0 spiro atoms. The summed E-state index contributed by atoms with van der Waals surface area (Å²) in [5.41, 5.74) is -3.40. The number of aliphatic hydroxyl groups is 3. The minimum atomic E-state index is -2.07. The van der Waals surface area contributed by atoms with Crippen molar-refractivity contribution in [2.75, 3.05) is 26.5 Å². The van der Waals surface area contributed by atoms with Gasteiger partial charge in [0.25, 0.3) is 5.69 Å². The van der Waals surface area contributed by atoms with Gasteiger partial charge in [-0.05, 0) is 80.1 Å². The Morgan fingerprint density at radius 3 is 2.24 bits per heavy atom. The first kappa shape index (κ1) is 44.9. The van der Waals surface area contributed by atoms with Gasteiger partial charge < -0.3 is 49.2 Å². The number of rotatable bonds is 8. The van der Waals surface area contributed by atoms with E-state index in [0.717, 1.165) is 0 Å². The van der Waals surface area contributed by atoms with Crippen LogP contribution in [0.15, 0.2) is 24.3 Å². The minimum absolute atomic E-state index is 0.0601. The second kappa shape index (κ2) is 18.5. The Labute approximate surface area is 317 Å². The number of carbonyl (C=O) groups is 3. The van der Waals surface area contributed by atoms with Crippen LogP contribution in [0.4, 0.5) is 16.2 Å². The van der Waals surface area contributed by atoms with Crippen molar-refractivity contribution in [2.24, 2.45) is 17.8 Å². The van der Waals surface area contributed by atoms with Gasteiger partial charge in [-0.3, -0.25) is 25.0 Å². The molecular weight excluding hydrogens is 708 g/mol. The molecule has 2 fully saturated rings. The van der Waals surface area contributed by atoms with Crippen LogP contribution in [-0.2, 0) is 33.3 Å². The molecule has 1 aromatic rings. The van der Waals surface area contributed by atoms with Crippen LogP contribution in [0.1, 0.15) is 74.7 Å². The molecule has 2 amide bonds. The molecule has 0 radical (unpaired) electrons. The summed E-state index contributed by atoms with van der Waals surface area (Å²) in [7, 11) is 5.11. The number of nitro benzene ring substituents is 1. The van der Waals surface area contributed by atoms with Crippen LogP contribution in [0.25, 0.3) is 0 Å². The highest BCUT2D eigenvalue weighted by Gasteiger charge is 2.52. The number of carbonyl (C=O) groups excluding carboxylic acids is 3. The van der Waals surface area contributed by atoms with Crippen molar-refractivity contribution >= 4 is 29.3 Å². The molecule has 0 unspecified atom stereocenters. The highest BCUT2D eigenvalue weighted by atomic mass is 16.7. The van der Waals surface area contributed by atoms with Crippen LogP contribution < -0.4 is 10.6 Å². The Hall–Kier alpha value is -3.45. The fourth-order valence-electron chi connectivity index (χ4n) is 7.58. The highest BCUT2D eigenvalue weighted by Crippen LogP contribution is 2.38. The lowest BCUT2D eigenvalue weighted by Crippen LogP contribution is -2.60. The van der Waals surface area contributed by atoms with E-state index in [1.54, 1.807) is 27.7 Å². The summed E-state index contributed by atoms with van der Waals surface area (Å²) >= 11 is 0. The largest absolute Gasteiger partial charge is 0.459 e. The molecule has 2 aliphatic rings. The van der Waals surface area contributed by atoms with Crippen molar-refractivity contribution in [2.45, 2.75) is 141 Å². The van der Waals surface area contributed by atoms with Gasteiger partial charge in [0.1, 0.15) is 23.9 Å². The number of ether oxygens (including phenoxy) is 5. The van der Waals surface area contributed by atoms with Gasteiger partial charge in [-0.25, -0.2) is 4.79 Å². The Balaban J connectivity index is 2.17. The lowest BCUT2D eigenvalue weighted by Gasteiger charge is -2.48. The first-order valence-electron chi connectivity index (χ1n) is 18.4. The van der Waals surface area contributed by atoms with Gasteiger partial charge in [0.05, 0.1) is 40.7 Å². The zero-order valence-electron chi connectivity index (χ0n) is 33.2. The molecule has 0 bridgehead atoms. The maximum absolute atomic E-state index is 14.0. The molecule has 3 rings (SSSR count). The number of nitro groups is 1. The Morgan fingerprint density at radius 2 is 1.70 bits per heavy atom. The molecule has 1 aromatic carbocycles. The first-order chi connectivity index (χ1) is 25.1. The number of cyclic esters (lactones) is 1. The van der Waals surface area contributed by atoms with Crippen LogP contribution >= 0.6 is 0 Å². The minimum Gasteiger partial charge on any atom is -0.459 e. The van der Waals surface area contributed by atoms with Gasteiger partial charge in [-0.1, -0.05) is 20.8 Å². The third kappa shape index (κ3) is 10.4. The summed E-state index contributed by atoms with van der Waals surface area (Å²) in [6, 6.07) is 4.11. The number of anilines is 1. The number of aliphatic hydroxyl groups excluding tert-OH is 2. The summed E-state index contributed by atoms with van der Waals surface area (Å²) in [6.07, 6.45) is -8.34. The van der Waals surface area contributed by atoms with Crippen LogP contribution in [0.3, 0.4) is 0 Å². The number of hydrogen-bond acceptors (Lipinski definition) is 14. The molecule has 0 aromatic heterocycles. The molecule has 2 saturated heterocycles. The predicted molar refractivity (Wildman–Crippen MR) is 196 cm³/mol. The van der Waals surface area contributed by atoms with Crippen molar-refractivity contribution in [1.29, 1.82) is 0 Å². The topological polar surface area (TPSA) is 228 Å². The quantitative estimate of drug-likeness (QED) is 0.146. The zero-order chi connectivity index (χ0) is 40.9. The number of nitrogens with zero attached hydrogens (tertiary/aromatic N) is 2. The number of hydrogen-bond donors (Lipinski definition) is 5. The summed E-state index contributed by atoms with van der Waals surface area (Å²) in [5, 5.41) is 50.9. The molecule has 54 heavy (non-hydrogen) atoms. The number of likely N-dealkylation sites (N-methyl/N-ethyl adjacent to an activating group) is 1.